The van der Waals surface area contributed by atoms with Gasteiger partial charge in [-0.3, -0.25) is 4.79 Å². The van der Waals surface area contributed by atoms with E-state index in [1.54, 1.807) is 7.05 Å². The molecule has 0 spiro atoms. The highest BCUT2D eigenvalue weighted by atomic mass is 16.5. The second kappa shape index (κ2) is 4.75. The number of likely N-dealkylation sites (N-methyl/N-ethyl adjacent to an activating group) is 1. The molecule has 0 radical (unpaired) electrons. The normalized spacial score (nSPS) is 35.0. The number of amides is 1. The molecule has 4 heteroatoms. The predicted molar refractivity (Wildman–Crippen MR) is 54.2 cm³/mol. The SMILES string of the molecule is CNC(=O)[C@H](C)[NH+]1C[C@@H](C)O[C@@H](C)C1. The zero-order valence-corrected chi connectivity index (χ0v) is 9.46. The number of quaternary nitrogens is 1. The minimum atomic E-state index is 0.0220. The molecule has 0 saturated carbocycles. The van der Waals surface area contributed by atoms with Crippen LogP contribution >= 0.6 is 0 Å². The summed E-state index contributed by atoms with van der Waals surface area (Å²) in [6.45, 7) is 7.93. The number of hydrogen-bond donors (Lipinski definition) is 2. The van der Waals surface area contributed by atoms with Crippen LogP contribution < -0.4 is 10.2 Å². The highest BCUT2D eigenvalue weighted by Crippen LogP contribution is 1.99. The van der Waals surface area contributed by atoms with Gasteiger partial charge in [-0.1, -0.05) is 0 Å². The lowest BCUT2D eigenvalue weighted by Gasteiger charge is -2.35. The van der Waals surface area contributed by atoms with E-state index in [1.165, 1.54) is 4.90 Å². The van der Waals surface area contributed by atoms with Gasteiger partial charge in [0.15, 0.2) is 6.04 Å². The molecule has 4 nitrogen and oxygen atoms in total. The third-order valence-electron chi connectivity index (χ3n) is 2.82. The van der Waals surface area contributed by atoms with Gasteiger partial charge in [0.05, 0.1) is 0 Å². The average Bonchev–Trinajstić information content (AvgIpc) is 2.14. The molecule has 1 saturated heterocycles. The molecule has 1 heterocycles. The molecule has 4 atom stereocenters. The number of carbonyl (C=O) groups is 1. The summed E-state index contributed by atoms with van der Waals surface area (Å²) in [4.78, 5) is 12.8. The van der Waals surface area contributed by atoms with Crippen LogP contribution in [0.1, 0.15) is 20.8 Å². The van der Waals surface area contributed by atoms with E-state index >= 15 is 0 Å². The van der Waals surface area contributed by atoms with E-state index in [0.717, 1.165) is 13.1 Å². The first kappa shape index (κ1) is 11.5. The first-order valence-corrected chi connectivity index (χ1v) is 5.26. The number of carbonyl (C=O) groups excluding carboxylic acids is 1. The van der Waals surface area contributed by atoms with Crippen molar-refractivity contribution < 1.29 is 14.4 Å². The molecular weight excluding hydrogens is 180 g/mol. The molecule has 0 bridgehead atoms. The predicted octanol–water partition coefficient (Wildman–Crippen LogP) is -1.19. The summed E-state index contributed by atoms with van der Waals surface area (Å²) in [5.74, 6) is 0.112. The average molecular weight is 201 g/mol. The first-order valence-electron chi connectivity index (χ1n) is 5.26. The molecule has 1 aliphatic heterocycles. The van der Waals surface area contributed by atoms with Crippen LogP contribution in [0.15, 0.2) is 0 Å². The van der Waals surface area contributed by atoms with Crippen LogP contribution in [0.25, 0.3) is 0 Å². The highest BCUT2D eigenvalue weighted by molar-refractivity contribution is 5.79. The zero-order chi connectivity index (χ0) is 10.7. The summed E-state index contributed by atoms with van der Waals surface area (Å²) in [6, 6.07) is 0.0220. The van der Waals surface area contributed by atoms with Crippen LogP contribution in [0.2, 0.25) is 0 Å². The highest BCUT2D eigenvalue weighted by Gasteiger charge is 2.32. The lowest BCUT2D eigenvalue weighted by molar-refractivity contribution is -0.928. The van der Waals surface area contributed by atoms with Gasteiger partial charge in [0.1, 0.15) is 25.3 Å². The maximum atomic E-state index is 11.5. The number of hydrogen-bond acceptors (Lipinski definition) is 2. The van der Waals surface area contributed by atoms with Crippen molar-refractivity contribution >= 4 is 5.91 Å². The van der Waals surface area contributed by atoms with Crippen LogP contribution in [0.3, 0.4) is 0 Å². The van der Waals surface area contributed by atoms with Crippen LogP contribution in [-0.2, 0) is 9.53 Å². The summed E-state index contributed by atoms with van der Waals surface area (Å²) in [6.07, 6.45) is 0.502. The van der Waals surface area contributed by atoms with Crippen LogP contribution in [0.5, 0.6) is 0 Å². The molecule has 1 fully saturated rings. The summed E-state index contributed by atoms with van der Waals surface area (Å²) >= 11 is 0. The largest absolute Gasteiger partial charge is 0.364 e. The number of rotatable bonds is 2. The van der Waals surface area contributed by atoms with Crippen molar-refractivity contribution in [1.29, 1.82) is 0 Å². The molecule has 1 unspecified atom stereocenters. The molecule has 1 amide bonds. The molecular formula is C10H21N2O2+. The summed E-state index contributed by atoms with van der Waals surface area (Å²) in [5.41, 5.74) is 0. The van der Waals surface area contributed by atoms with E-state index in [1.807, 2.05) is 6.92 Å². The van der Waals surface area contributed by atoms with Crippen molar-refractivity contribution in [3.05, 3.63) is 0 Å². The van der Waals surface area contributed by atoms with Crippen molar-refractivity contribution in [3.63, 3.8) is 0 Å². The Bertz CT molecular complexity index is 198. The van der Waals surface area contributed by atoms with Gasteiger partial charge in [-0.15, -0.1) is 0 Å². The minimum Gasteiger partial charge on any atom is -0.364 e. The van der Waals surface area contributed by atoms with E-state index in [0.29, 0.717) is 0 Å². The molecule has 82 valence electrons. The Labute approximate surface area is 85.6 Å². The van der Waals surface area contributed by atoms with E-state index in [4.69, 9.17) is 4.74 Å². The van der Waals surface area contributed by atoms with Gasteiger partial charge in [-0.2, -0.15) is 0 Å². The second-order valence-electron chi connectivity index (χ2n) is 4.16. The van der Waals surface area contributed by atoms with Crippen molar-refractivity contribution in [2.75, 3.05) is 20.1 Å². The van der Waals surface area contributed by atoms with E-state index in [9.17, 15) is 4.79 Å². The monoisotopic (exact) mass is 201 g/mol. The summed E-state index contributed by atoms with van der Waals surface area (Å²) < 4.78 is 5.63. The molecule has 0 aromatic carbocycles. The fourth-order valence-electron chi connectivity index (χ4n) is 2.07. The second-order valence-corrected chi connectivity index (χ2v) is 4.16. The third kappa shape index (κ3) is 2.69. The fourth-order valence-corrected chi connectivity index (χ4v) is 2.07. The third-order valence-corrected chi connectivity index (χ3v) is 2.82. The summed E-state index contributed by atoms with van der Waals surface area (Å²) in [7, 11) is 1.69. The Morgan fingerprint density at radius 1 is 1.43 bits per heavy atom. The van der Waals surface area contributed by atoms with E-state index in [2.05, 4.69) is 19.2 Å². The van der Waals surface area contributed by atoms with Crippen molar-refractivity contribution in [1.82, 2.24) is 5.32 Å². The Hall–Kier alpha value is -0.610. The summed E-state index contributed by atoms with van der Waals surface area (Å²) in [5, 5.41) is 2.69. The topological polar surface area (TPSA) is 42.8 Å². The lowest BCUT2D eigenvalue weighted by atomic mass is 10.1. The molecule has 14 heavy (non-hydrogen) atoms. The maximum absolute atomic E-state index is 11.5. The minimum absolute atomic E-state index is 0.0220. The van der Waals surface area contributed by atoms with Gasteiger partial charge in [0.25, 0.3) is 5.91 Å². The van der Waals surface area contributed by atoms with Gasteiger partial charge in [-0.05, 0) is 20.8 Å². The Balaban J connectivity index is 2.54. The Kier molecular flexibility index (Phi) is 3.89. The number of ether oxygens (including phenoxy) is 1. The lowest BCUT2D eigenvalue weighted by Crippen LogP contribution is -3.19. The smallest absolute Gasteiger partial charge is 0.277 e. The van der Waals surface area contributed by atoms with Gasteiger partial charge < -0.3 is 15.0 Å². The van der Waals surface area contributed by atoms with Crippen LogP contribution in [-0.4, -0.2) is 44.3 Å². The zero-order valence-electron chi connectivity index (χ0n) is 9.46. The number of morpholine rings is 1. The van der Waals surface area contributed by atoms with Crippen LogP contribution in [0.4, 0.5) is 0 Å². The Morgan fingerprint density at radius 3 is 2.36 bits per heavy atom. The molecule has 0 aromatic rings. The van der Waals surface area contributed by atoms with Crippen molar-refractivity contribution in [2.45, 2.75) is 39.0 Å². The maximum Gasteiger partial charge on any atom is 0.277 e. The Morgan fingerprint density at radius 2 is 1.93 bits per heavy atom. The van der Waals surface area contributed by atoms with Crippen molar-refractivity contribution in [2.24, 2.45) is 0 Å². The van der Waals surface area contributed by atoms with E-state index < -0.39 is 0 Å². The number of nitrogens with one attached hydrogen (secondary N) is 2. The molecule has 2 N–H and O–H groups in total. The van der Waals surface area contributed by atoms with Gasteiger partial charge >= 0.3 is 0 Å². The van der Waals surface area contributed by atoms with Crippen molar-refractivity contribution in [3.8, 4) is 0 Å². The molecule has 0 aliphatic carbocycles. The molecule has 1 rings (SSSR count). The van der Waals surface area contributed by atoms with E-state index in [-0.39, 0.29) is 24.2 Å². The first-order chi connectivity index (χ1) is 6.54. The standard InChI is InChI=1S/C10H20N2O2/c1-7-5-12(6-8(2)14-7)9(3)10(13)11-4/h7-9H,5-6H2,1-4H3,(H,11,13)/p+1/t7-,8+,9-/m0/s1. The quantitative estimate of drug-likeness (QED) is 0.590. The molecule has 0 aromatic heterocycles. The van der Waals surface area contributed by atoms with Gasteiger partial charge in [0, 0.05) is 7.05 Å². The fraction of sp³-hybridized carbons (Fsp3) is 0.900. The van der Waals surface area contributed by atoms with Crippen LogP contribution in [0, 0.1) is 0 Å². The molecule has 1 aliphatic rings. The van der Waals surface area contributed by atoms with Gasteiger partial charge in [-0.25, -0.2) is 0 Å². The van der Waals surface area contributed by atoms with Gasteiger partial charge in [0.2, 0.25) is 0 Å².